The number of furan rings is 1. The number of carbonyl (C=O) groups is 2. The summed E-state index contributed by atoms with van der Waals surface area (Å²) in [6, 6.07) is 7.69. The molecule has 2 aromatic rings. The van der Waals surface area contributed by atoms with Gasteiger partial charge in [0.15, 0.2) is 0 Å². The highest BCUT2D eigenvalue weighted by molar-refractivity contribution is 6.40. The van der Waals surface area contributed by atoms with E-state index in [4.69, 9.17) is 10.2 Å². The molecule has 0 saturated heterocycles. The molecule has 1 aromatic carbocycles. The van der Waals surface area contributed by atoms with E-state index in [1.54, 1.807) is 12.1 Å². The number of carbonyl (C=O) groups excluding carboxylic acids is 2. The number of primary amides is 1. The van der Waals surface area contributed by atoms with E-state index in [-0.39, 0.29) is 18.7 Å². The van der Waals surface area contributed by atoms with Crippen LogP contribution in [0.5, 0.6) is 0 Å². The molecule has 26 heavy (non-hydrogen) atoms. The van der Waals surface area contributed by atoms with Crippen LogP contribution in [0.25, 0.3) is 0 Å². The fourth-order valence-corrected chi connectivity index (χ4v) is 2.57. The fraction of sp³-hybridized carbons (Fsp3) is 0.235. The predicted molar refractivity (Wildman–Crippen MR) is 90.6 cm³/mol. The monoisotopic (exact) mass is 360 g/mol. The quantitative estimate of drug-likeness (QED) is 0.700. The lowest BCUT2D eigenvalue weighted by Crippen LogP contribution is -2.40. The molecule has 0 saturated carbocycles. The third kappa shape index (κ3) is 3.72. The number of nitrogens with one attached hydrogen (secondary N) is 1. The minimum Gasteiger partial charge on any atom is -0.467 e. The van der Waals surface area contributed by atoms with Gasteiger partial charge in [-0.15, -0.1) is 0 Å². The van der Waals surface area contributed by atoms with Crippen LogP contribution in [-0.2, 0) is 9.59 Å². The summed E-state index contributed by atoms with van der Waals surface area (Å²) in [5.41, 5.74) is 5.92. The topological polar surface area (TPSA) is 121 Å². The Morgan fingerprint density at radius 1 is 1.38 bits per heavy atom. The van der Waals surface area contributed by atoms with E-state index in [1.807, 2.05) is 0 Å². The molecule has 0 spiro atoms. The van der Waals surface area contributed by atoms with Crippen molar-refractivity contribution in [1.82, 2.24) is 5.32 Å². The van der Waals surface area contributed by atoms with Crippen LogP contribution in [0.4, 0.5) is 10.1 Å². The molecule has 0 aliphatic carbocycles. The lowest BCUT2D eigenvalue weighted by atomic mass is 10.1. The van der Waals surface area contributed by atoms with Gasteiger partial charge in [-0.25, -0.2) is 4.39 Å². The van der Waals surface area contributed by atoms with Gasteiger partial charge in [0.2, 0.25) is 5.91 Å². The van der Waals surface area contributed by atoms with Crippen LogP contribution in [0.2, 0.25) is 0 Å². The van der Waals surface area contributed by atoms with E-state index in [2.05, 4.69) is 10.4 Å². The summed E-state index contributed by atoms with van der Waals surface area (Å²) >= 11 is 0. The molecule has 2 heterocycles. The van der Waals surface area contributed by atoms with Gasteiger partial charge in [-0.05, 0) is 36.4 Å². The van der Waals surface area contributed by atoms with Crippen molar-refractivity contribution < 1.29 is 23.5 Å². The van der Waals surface area contributed by atoms with Gasteiger partial charge in [0.1, 0.15) is 29.4 Å². The summed E-state index contributed by atoms with van der Waals surface area (Å²) in [5, 5.41) is 17.9. The van der Waals surface area contributed by atoms with Crippen LogP contribution in [0.15, 0.2) is 52.2 Å². The normalized spacial score (nSPS) is 17.7. The zero-order chi connectivity index (χ0) is 18.7. The summed E-state index contributed by atoms with van der Waals surface area (Å²) in [6.45, 7) is -0.0802. The Bertz CT molecular complexity index is 820. The van der Waals surface area contributed by atoms with Gasteiger partial charge in [-0.3, -0.25) is 14.6 Å². The number of amides is 2. The molecular formula is C17H17FN4O4. The maximum Gasteiger partial charge on any atom is 0.267 e. The Kier molecular flexibility index (Phi) is 4.99. The maximum atomic E-state index is 13.1. The van der Waals surface area contributed by atoms with Crippen molar-refractivity contribution >= 4 is 23.2 Å². The molecule has 4 N–H and O–H groups in total. The summed E-state index contributed by atoms with van der Waals surface area (Å²) in [6.07, 6.45) is 0.422. The van der Waals surface area contributed by atoms with Crippen molar-refractivity contribution in [1.29, 1.82) is 0 Å². The van der Waals surface area contributed by atoms with E-state index >= 15 is 0 Å². The van der Waals surface area contributed by atoms with Gasteiger partial charge >= 0.3 is 0 Å². The highest BCUT2D eigenvalue weighted by Crippen LogP contribution is 2.25. The van der Waals surface area contributed by atoms with E-state index in [1.165, 1.54) is 35.5 Å². The number of hydrogen-bond donors (Lipinski definition) is 3. The molecule has 2 unspecified atom stereocenters. The Morgan fingerprint density at radius 2 is 2.12 bits per heavy atom. The van der Waals surface area contributed by atoms with Crippen molar-refractivity contribution in [3.63, 3.8) is 0 Å². The Morgan fingerprint density at radius 3 is 2.73 bits per heavy atom. The first-order valence-electron chi connectivity index (χ1n) is 7.87. The SMILES string of the molecule is NC(=O)C1CC(C(=O)NCC(O)c2ccco2)=NN1c1ccc(F)cc1. The first-order chi connectivity index (χ1) is 12.5. The molecule has 136 valence electrons. The minimum absolute atomic E-state index is 0.00932. The molecule has 1 aromatic heterocycles. The number of benzene rings is 1. The number of rotatable bonds is 6. The summed E-state index contributed by atoms with van der Waals surface area (Å²) in [4.78, 5) is 24.0. The van der Waals surface area contributed by atoms with Crippen molar-refractivity contribution in [3.05, 3.63) is 54.2 Å². The summed E-state index contributed by atoms with van der Waals surface area (Å²) in [5.74, 6) is -1.30. The minimum atomic E-state index is -1.00. The van der Waals surface area contributed by atoms with Gasteiger partial charge in [0.25, 0.3) is 5.91 Å². The molecule has 2 atom stereocenters. The molecule has 1 aliphatic heterocycles. The first-order valence-corrected chi connectivity index (χ1v) is 7.87. The van der Waals surface area contributed by atoms with Gasteiger partial charge in [-0.2, -0.15) is 5.10 Å². The number of aliphatic hydroxyl groups is 1. The smallest absolute Gasteiger partial charge is 0.267 e. The molecule has 3 rings (SSSR count). The average molecular weight is 360 g/mol. The summed E-state index contributed by atoms with van der Waals surface area (Å²) < 4.78 is 18.1. The zero-order valence-corrected chi connectivity index (χ0v) is 13.6. The van der Waals surface area contributed by atoms with E-state index in [9.17, 15) is 19.1 Å². The highest BCUT2D eigenvalue weighted by Gasteiger charge is 2.35. The van der Waals surface area contributed by atoms with E-state index in [0.717, 1.165) is 0 Å². The number of hydrazone groups is 1. The number of hydrogen-bond acceptors (Lipinski definition) is 6. The van der Waals surface area contributed by atoms with Crippen LogP contribution in [0.3, 0.4) is 0 Å². The second kappa shape index (κ2) is 7.36. The number of anilines is 1. The second-order valence-electron chi connectivity index (χ2n) is 5.73. The van der Waals surface area contributed by atoms with Crippen molar-refractivity contribution in [2.75, 3.05) is 11.6 Å². The predicted octanol–water partition coefficient (Wildman–Crippen LogP) is 0.689. The maximum absolute atomic E-state index is 13.1. The van der Waals surface area contributed by atoms with Gasteiger partial charge < -0.3 is 20.6 Å². The number of aliphatic hydroxyl groups excluding tert-OH is 1. The van der Waals surface area contributed by atoms with E-state index in [0.29, 0.717) is 11.4 Å². The van der Waals surface area contributed by atoms with Crippen LogP contribution < -0.4 is 16.1 Å². The fourth-order valence-electron chi connectivity index (χ4n) is 2.57. The van der Waals surface area contributed by atoms with Crippen molar-refractivity contribution in [2.24, 2.45) is 10.8 Å². The molecule has 0 bridgehead atoms. The van der Waals surface area contributed by atoms with Crippen molar-refractivity contribution in [3.8, 4) is 0 Å². The second-order valence-corrected chi connectivity index (χ2v) is 5.73. The standard InChI is InChI=1S/C17H17FN4O4/c18-10-3-5-11(6-4-10)22-13(16(19)24)8-12(21-22)17(25)20-9-14(23)15-2-1-7-26-15/h1-7,13-14,23H,8-9H2,(H2,19,24)(H,20,25). The van der Waals surface area contributed by atoms with Crippen LogP contribution in [-0.4, -0.2) is 35.2 Å². The Labute approximate surface area is 148 Å². The molecule has 8 nitrogen and oxygen atoms in total. The van der Waals surface area contributed by atoms with Crippen LogP contribution in [0, 0.1) is 5.82 Å². The lowest BCUT2D eigenvalue weighted by Gasteiger charge is -2.20. The van der Waals surface area contributed by atoms with Crippen LogP contribution in [0.1, 0.15) is 18.3 Å². The molecule has 1 aliphatic rings. The van der Waals surface area contributed by atoms with E-state index < -0.39 is 29.8 Å². The van der Waals surface area contributed by atoms with Crippen molar-refractivity contribution in [2.45, 2.75) is 18.6 Å². The lowest BCUT2D eigenvalue weighted by molar-refractivity contribution is -0.119. The molecule has 9 heteroatoms. The number of nitrogens with zero attached hydrogens (tertiary/aromatic N) is 2. The van der Waals surface area contributed by atoms with Gasteiger partial charge in [0.05, 0.1) is 18.5 Å². The Hall–Kier alpha value is -3.20. The average Bonchev–Trinajstić information content (AvgIpc) is 3.29. The highest BCUT2D eigenvalue weighted by atomic mass is 19.1. The number of nitrogens with two attached hydrogens (primary N) is 1. The molecule has 2 amide bonds. The molecule has 0 fully saturated rings. The number of halogens is 1. The molecular weight excluding hydrogens is 343 g/mol. The van der Waals surface area contributed by atoms with Gasteiger partial charge in [0, 0.05) is 6.42 Å². The first kappa shape index (κ1) is 17.6. The largest absolute Gasteiger partial charge is 0.467 e. The Balaban J connectivity index is 1.70. The van der Waals surface area contributed by atoms with Crippen LogP contribution >= 0.6 is 0 Å². The third-order valence-corrected chi connectivity index (χ3v) is 3.92. The van der Waals surface area contributed by atoms with Gasteiger partial charge in [-0.1, -0.05) is 0 Å². The molecule has 0 radical (unpaired) electrons. The summed E-state index contributed by atoms with van der Waals surface area (Å²) in [7, 11) is 0. The third-order valence-electron chi connectivity index (χ3n) is 3.92. The zero-order valence-electron chi connectivity index (χ0n) is 13.6.